The minimum absolute atomic E-state index is 0.0448. The van der Waals surface area contributed by atoms with Crippen molar-refractivity contribution in [1.29, 1.82) is 5.26 Å². The Labute approximate surface area is 242 Å². The number of carbonyl (C=O) groups excluding carboxylic acids is 1. The maximum absolute atomic E-state index is 13.0. The fourth-order valence-electron chi connectivity index (χ4n) is 8.17. The average molecular weight is 542 g/mol. The molecule has 0 aromatic rings. The van der Waals surface area contributed by atoms with Crippen LogP contribution >= 0.6 is 0 Å². The van der Waals surface area contributed by atoms with Crippen LogP contribution in [0.1, 0.15) is 181 Å². The first-order chi connectivity index (χ1) is 19.1. The van der Waals surface area contributed by atoms with E-state index in [1.165, 1.54) is 122 Å². The van der Waals surface area contributed by atoms with Gasteiger partial charge in [0.2, 0.25) is 0 Å². The smallest absolute Gasteiger partial charge is 0.309 e. The molecule has 3 aliphatic rings. The van der Waals surface area contributed by atoms with Gasteiger partial charge in [-0.25, -0.2) is 0 Å². The van der Waals surface area contributed by atoms with Gasteiger partial charge in [-0.3, -0.25) is 4.79 Å². The summed E-state index contributed by atoms with van der Waals surface area (Å²) in [4.78, 5) is 13.0. The standard InChI is InChI=1S/C36H63NO2/c1-3-5-7-9-10-11-13-15-30-16-18-31(19-17-30)32-20-22-33(23-21-32)35(38)39-34-24-27-36(29-37,28-25-34)26-14-12-8-6-4-2/h30-34H,3-28H2,1-2H3/t30-,31-,32-,33-,34?,36?. The molecule has 0 aliphatic heterocycles. The second-order valence-corrected chi connectivity index (χ2v) is 14.0. The molecule has 3 heteroatoms. The predicted octanol–water partition coefficient (Wildman–Crippen LogP) is 11.1. The second kappa shape index (κ2) is 18.4. The third-order valence-corrected chi connectivity index (χ3v) is 11.0. The van der Waals surface area contributed by atoms with Crippen molar-refractivity contribution in [3.63, 3.8) is 0 Å². The molecular formula is C36H63NO2. The van der Waals surface area contributed by atoms with Gasteiger partial charge < -0.3 is 4.74 Å². The number of esters is 1. The van der Waals surface area contributed by atoms with Crippen LogP contribution in [0.25, 0.3) is 0 Å². The summed E-state index contributed by atoms with van der Waals surface area (Å²) in [7, 11) is 0. The Morgan fingerprint density at radius 2 is 1.21 bits per heavy atom. The molecular weight excluding hydrogens is 478 g/mol. The topological polar surface area (TPSA) is 50.1 Å². The van der Waals surface area contributed by atoms with Crippen molar-refractivity contribution in [2.75, 3.05) is 0 Å². The molecule has 3 aliphatic carbocycles. The van der Waals surface area contributed by atoms with E-state index in [-0.39, 0.29) is 23.4 Å². The maximum Gasteiger partial charge on any atom is 0.309 e. The van der Waals surface area contributed by atoms with E-state index in [0.717, 1.165) is 62.7 Å². The molecule has 0 radical (unpaired) electrons. The zero-order chi connectivity index (χ0) is 27.8. The van der Waals surface area contributed by atoms with Crippen LogP contribution in [-0.4, -0.2) is 12.1 Å². The molecule has 0 unspecified atom stereocenters. The number of nitriles is 1. The van der Waals surface area contributed by atoms with E-state index >= 15 is 0 Å². The van der Waals surface area contributed by atoms with Crippen LogP contribution in [0.4, 0.5) is 0 Å². The van der Waals surface area contributed by atoms with Gasteiger partial charge in [0, 0.05) is 0 Å². The molecule has 0 saturated heterocycles. The molecule has 3 nitrogen and oxygen atoms in total. The van der Waals surface area contributed by atoms with Gasteiger partial charge in [-0.05, 0) is 88.4 Å². The van der Waals surface area contributed by atoms with E-state index in [9.17, 15) is 10.1 Å². The van der Waals surface area contributed by atoms with Crippen molar-refractivity contribution in [3.05, 3.63) is 0 Å². The Morgan fingerprint density at radius 1 is 0.692 bits per heavy atom. The van der Waals surface area contributed by atoms with E-state index in [4.69, 9.17) is 4.74 Å². The van der Waals surface area contributed by atoms with Gasteiger partial charge in [0.05, 0.1) is 17.4 Å². The highest BCUT2D eigenvalue weighted by molar-refractivity contribution is 5.72. The maximum atomic E-state index is 13.0. The number of ether oxygens (including phenoxy) is 1. The largest absolute Gasteiger partial charge is 0.462 e. The van der Waals surface area contributed by atoms with Crippen molar-refractivity contribution in [1.82, 2.24) is 0 Å². The lowest BCUT2D eigenvalue weighted by molar-refractivity contribution is -0.158. The SMILES string of the molecule is CCCCCCCCC[C@H]1CC[C@H]([C@H]2CC[C@H](C(=O)OC3CCC(C#N)(CCCCCCC)CC3)CC2)CC1. The van der Waals surface area contributed by atoms with E-state index < -0.39 is 0 Å². The summed E-state index contributed by atoms with van der Waals surface area (Å²) >= 11 is 0. The van der Waals surface area contributed by atoms with Crippen LogP contribution in [-0.2, 0) is 9.53 Å². The number of carbonyl (C=O) groups is 1. The van der Waals surface area contributed by atoms with Crippen molar-refractivity contribution in [2.24, 2.45) is 29.1 Å². The fraction of sp³-hybridized carbons (Fsp3) is 0.944. The fourth-order valence-corrected chi connectivity index (χ4v) is 8.17. The average Bonchev–Trinajstić information content (AvgIpc) is 2.98. The van der Waals surface area contributed by atoms with Crippen LogP contribution in [0.3, 0.4) is 0 Å². The van der Waals surface area contributed by atoms with Crippen LogP contribution < -0.4 is 0 Å². The Hall–Kier alpha value is -1.04. The van der Waals surface area contributed by atoms with Gasteiger partial charge in [-0.2, -0.15) is 5.26 Å². The van der Waals surface area contributed by atoms with Gasteiger partial charge in [-0.1, -0.05) is 110 Å². The summed E-state index contributed by atoms with van der Waals surface area (Å²) in [6.07, 6.45) is 32.7. The molecule has 0 amide bonds. The highest BCUT2D eigenvalue weighted by Gasteiger charge is 2.38. The molecule has 0 N–H and O–H groups in total. The van der Waals surface area contributed by atoms with Crippen LogP contribution in [0.5, 0.6) is 0 Å². The molecule has 0 atom stereocenters. The number of hydrogen-bond donors (Lipinski definition) is 0. The van der Waals surface area contributed by atoms with Crippen LogP contribution in [0.2, 0.25) is 0 Å². The van der Waals surface area contributed by atoms with E-state index in [1.54, 1.807) is 0 Å². The highest BCUT2D eigenvalue weighted by Crippen LogP contribution is 2.44. The van der Waals surface area contributed by atoms with Crippen LogP contribution in [0.15, 0.2) is 0 Å². The first kappa shape index (κ1) is 32.5. The third kappa shape index (κ3) is 11.4. The van der Waals surface area contributed by atoms with Crippen LogP contribution in [0, 0.1) is 40.4 Å². The molecule has 0 bridgehead atoms. The molecule has 0 spiro atoms. The van der Waals surface area contributed by atoms with Gasteiger partial charge >= 0.3 is 5.97 Å². The third-order valence-electron chi connectivity index (χ3n) is 11.0. The number of hydrogen-bond acceptors (Lipinski definition) is 3. The quantitative estimate of drug-likeness (QED) is 0.136. The molecule has 0 aromatic heterocycles. The van der Waals surface area contributed by atoms with Gasteiger partial charge in [-0.15, -0.1) is 0 Å². The second-order valence-electron chi connectivity index (χ2n) is 14.0. The van der Waals surface area contributed by atoms with Crippen molar-refractivity contribution < 1.29 is 9.53 Å². The molecule has 39 heavy (non-hydrogen) atoms. The summed E-state index contributed by atoms with van der Waals surface area (Å²) in [6.45, 7) is 4.54. The van der Waals surface area contributed by atoms with E-state index in [1.807, 2.05) is 0 Å². The van der Waals surface area contributed by atoms with Crippen molar-refractivity contribution in [3.8, 4) is 6.07 Å². The van der Waals surface area contributed by atoms with E-state index in [2.05, 4.69) is 19.9 Å². The number of nitrogens with zero attached hydrogens (tertiary/aromatic N) is 1. The van der Waals surface area contributed by atoms with Gasteiger partial charge in [0.15, 0.2) is 0 Å². The lowest BCUT2D eigenvalue weighted by Crippen LogP contribution is -2.34. The predicted molar refractivity (Wildman–Crippen MR) is 163 cm³/mol. The van der Waals surface area contributed by atoms with Crippen molar-refractivity contribution >= 4 is 5.97 Å². The first-order valence-electron chi connectivity index (χ1n) is 17.7. The monoisotopic (exact) mass is 541 g/mol. The summed E-state index contributed by atoms with van der Waals surface area (Å²) in [5.74, 6) is 2.93. The summed E-state index contributed by atoms with van der Waals surface area (Å²) in [6, 6.07) is 2.66. The molecule has 3 fully saturated rings. The normalized spacial score (nSPS) is 31.5. The first-order valence-corrected chi connectivity index (χ1v) is 17.7. The number of rotatable bonds is 17. The zero-order valence-electron chi connectivity index (χ0n) is 26.0. The zero-order valence-corrected chi connectivity index (χ0v) is 26.0. The highest BCUT2D eigenvalue weighted by atomic mass is 16.5. The molecule has 3 rings (SSSR count). The van der Waals surface area contributed by atoms with E-state index in [0.29, 0.717) is 0 Å². The summed E-state index contributed by atoms with van der Waals surface area (Å²) in [5.41, 5.74) is -0.166. The number of unbranched alkanes of at least 4 members (excludes halogenated alkanes) is 10. The molecule has 0 aromatic carbocycles. The van der Waals surface area contributed by atoms with Crippen molar-refractivity contribution in [2.45, 2.75) is 187 Å². The Bertz CT molecular complexity index is 687. The summed E-state index contributed by atoms with van der Waals surface area (Å²) in [5, 5.41) is 9.89. The lowest BCUT2D eigenvalue weighted by Gasteiger charge is -2.38. The molecule has 3 saturated carbocycles. The lowest BCUT2D eigenvalue weighted by atomic mass is 9.68. The Balaban J connectivity index is 1.26. The van der Waals surface area contributed by atoms with Gasteiger partial charge in [0.1, 0.15) is 6.10 Å². The van der Waals surface area contributed by atoms with Gasteiger partial charge in [0.25, 0.3) is 0 Å². The molecule has 0 heterocycles. The Morgan fingerprint density at radius 3 is 1.77 bits per heavy atom. The Kier molecular flexibility index (Phi) is 15.3. The summed E-state index contributed by atoms with van der Waals surface area (Å²) < 4.78 is 6.05. The minimum atomic E-state index is -0.166. The minimum Gasteiger partial charge on any atom is -0.462 e. The molecule has 224 valence electrons.